The van der Waals surface area contributed by atoms with Crippen LogP contribution in [0.25, 0.3) is 10.2 Å². The predicted octanol–water partition coefficient (Wildman–Crippen LogP) is 2.64. The maximum atomic E-state index is 11.7. The first kappa shape index (κ1) is 11.7. The second-order valence-corrected chi connectivity index (χ2v) is 5.73. The zero-order valence-electron chi connectivity index (χ0n) is 9.57. The van der Waals surface area contributed by atoms with Gasteiger partial charge in [0.2, 0.25) is 5.91 Å². The molecule has 2 heterocycles. The quantitative estimate of drug-likeness (QED) is 0.890. The van der Waals surface area contributed by atoms with Crippen LogP contribution in [0.1, 0.15) is 12.8 Å². The topological polar surface area (TPSA) is 54.0 Å². The van der Waals surface area contributed by atoms with E-state index >= 15 is 0 Å². The number of piperidine rings is 1. The number of nitrogens with zero attached hydrogens (tertiary/aromatic N) is 1. The monoisotopic (exact) mass is 281 g/mol. The van der Waals surface area contributed by atoms with Crippen molar-refractivity contribution in [2.24, 2.45) is 0 Å². The van der Waals surface area contributed by atoms with Crippen LogP contribution in [0.3, 0.4) is 0 Å². The van der Waals surface area contributed by atoms with Crippen molar-refractivity contribution in [3.8, 4) is 0 Å². The van der Waals surface area contributed by atoms with Crippen LogP contribution in [0, 0.1) is 0 Å². The van der Waals surface area contributed by atoms with Gasteiger partial charge in [0.05, 0.1) is 10.2 Å². The van der Waals surface area contributed by atoms with Crippen LogP contribution in [0.4, 0.5) is 5.13 Å². The summed E-state index contributed by atoms with van der Waals surface area (Å²) >= 11 is 7.46. The first-order valence-electron chi connectivity index (χ1n) is 5.83. The van der Waals surface area contributed by atoms with Gasteiger partial charge in [-0.1, -0.05) is 22.9 Å². The minimum atomic E-state index is -0.171. The van der Waals surface area contributed by atoms with Crippen LogP contribution in [-0.4, -0.2) is 23.5 Å². The van der Waals surface area contributed by atoms with Gasteiger partial charge in [-0.25, -0.2) is 4.98 Å². The minimum absolute atomic E-state index is 0.0542. The number of amides is 1. The number of anilines is 1. The van der Waals surface area contributed by atoms with Gasteiger partial charge in [0.1, 0.15) is 6.04 Å². The fourth-order valence-corrected chi connectivity index (χ4v) is 3.09. The predicted molar refractivity (Wildman–Crippen MR) is 74.3 cm³/mol. The molecule has 0 bridgehead atoms. The van der Waals surface area contributed by atoms with E-state index in [0.717, 1.165) is 34.7 Å². The minimum Gasteiger partial charge on any atom is -0.354 e. The number of thiazole rings is 1. The number of benzene rings is 1. The van der Waals surface area contributed by atoms with Crippen LogP contribution in [0.2, 0.25) is 5.02 Å². The molecular formula is C12H12ClN3OS. The summed E-state index contributed by atoms with van der Waals surface area (Å²) in [4.78, 5) is 16.1. The number of halogens is 1. The molecule has 3 rings (SSSR count). The van der Waals surface area contributed by atoms with Crippen molar-refractivity contribution < 1.29 is 4.79 Å². The number of rotatable bonds is 2. The number of fused-ring (bicyclic) bond motifs is 1. The second kappa shape index (κ2) is 4.74. The molecular weight excluding hydrogens is 270 g/mol. The molecule has 0 aliphatic carbocycles. The van der Waals surface area contributed by atoms with E-state index in [1.54, 1.807) is 11.3 Å². The Morgan fingerprint density at radius 2 is 2.39 bits per heavy atom. The highest BCUT2D eigenvalue weighted by Crippen LogP contribution is 2.28. The van der Waals surface area contributed by atoms with E-state index in [2.05, 4.69) is 15.6 Å². The van der Waals surface area contributed by atoms with E-state index in [1.165, 1.54) is 0 Å². The van der Waals surface area contributed by atoms with Crippen molar-refractivity contribution in [3.05, 3.63) is 23.2 Å². The van der Waals surface area contributed by atoms with Gasteiger partial charge in [0, 0.05) is 11.6 Å². The van der Waals surface area contributed by atoms with E-state index in [0.29, 0.717) is 5.02 Å². The van der Waals surface area contributed by atoms with Crippen LogP contribution < -0.4 is 10.6 Å². The molecule has 1 aromatic carbocycles. The van der Waals surface area contributed by atoms with Crippen molar-refractivity contribution in [2.45, 2.75) is 18.9 Å². The van der Waals surface area contributed by atoms with Crippen LogP contribution in [-0.2, 0) is 4.79 Å². The third-order valence-corrected chi connectivity index (χ3v) is 4.14. The van der Waals surface area contributed by atoms with Gasteiger partial charge in [-0.2, -0.15) is 0 Å². The van der Waals surface area contributed by atoms with Crippen molar-refractivity contribution in [1.29, 1.82) is 0 Å². The Balaban J connectivity index is 1.84. The van der Waals surface area contributed by atoms with Gasteiger partial charge < -0.3 is 10.6 Å². The fraction of sp³-hybridized carbons (Fsp3) is 0.333. The largest absolute Gasteiger partial charge is 0.354 e. The summed E-state index contributed by atoms with van der Waals surface area (Å²) in [5.41, 5.74) is 0.867. The maximum Gasteiger partial charge on any atom is 0.242 e. The lowest BCUT2D eigenvalue weighted by atomic mass is 10.1. The Labute approximate surface area is 113 Å². The Hall–Kier alpha value is -1.33. The molecule has 1 aromatic heterocycles. The van der Waals surface area contributed by atoms with E-state index < -0.39 is 0 Å². The van der Waals surface area contributed by atoms with Crippen molar-refractivity contribution in [2.75, 3.05) is 11.9 Å². The highest BCUT2D eigenvalue weighted by molar-refractivity contribution is 7.22. The summed E-state index contributed by atoms with van der Waals surface area (Å²) in [5, 5.41) is 7.49. The third-order valence-electron chi connectivity index (χ3n) is 2.93. The molecule has 1 aliphatic heterocycles. The molecule has 4 nitrogen and oxygen atoms in total. The molecule has 0 spiro atoms. The molecule has 2 aromatic rings. The lowest BCUT2D eigenvalue weighted by Gasteiger charge is -2.22. The van der Waals surface area contributed by atoms with Gasteiger partial charge in [0.15, 0.2) is 5.13 Å². The van der Waals surface area contributed by atoms with E-state index in [9.17, 15) is 4.79 Å². The second-order valence-electron chi connectivity index (χ2n) is 4.26. The van der Waals surface area contributed by atoms with Gasteiger partial charge in [-0.3, -0.25) is 4.79 Å². The third kappa shape index (κ3) is 2.28. The molecule has 1 atom stereocenters. The molecule has 0 radical (unpaired) electrons. The first-order valence-corrected chi connectivity index (χ1v) is 7.02. The van der Waals surface area contributed by atoms with Crippen LogP contribution in [0.5, 0.6) is 0 Å². The standard InChI is InChI=1S/C12H12ClN3OS/c13-7-3-4-10-9(6-7)16-12(18-10)15-8-2-1-5-14-11(8)17/h3-4,6,8H,1-2,5H2,(H,14,17)(H,15,16). The van der Waals surface area contributed by atoms with Gasteiger partial charge in [-0.05, 0) is 31.0 Å². The zero-order chi connectivity index (χ0) is 12.5. The van der Waals surface area contributed by atoms with Crippen molar-refractivity contribution in [1.82, 2.24) is 10.3 Å². The summed E-state index contributed by atoms with van der Waals surface area (Å²) in [6, 6.07) is 5.45. The normalized spacial score (nSPS) is 19.8. The summed E-state index contributed by atoms with van der Waals surface area (Å²) in [5.74, 6) is 0.0542. The molecule has 1 fully saturated rings. The van der Waals surface area contributed by atoms with Gasteiger partial charge >= 0.3 is 0 Å². The van der Waals surface area contributed by atoms with Crippen LogP contribution >= 0.6 is 22.9 Å². The SMILES string of the molecule is O=C1NCCCC1Nc1nc2cc(Cl)ccc2s1. The molecule has 2 N–H and O–H groups in total. The molecule has 18 heavy (non-hydrogen) atoms. The molecule has 0 saturated carbocycles. The fourth-order valence-electron chi connectivity index (χ4n) is 2.02. The molecule has 94 valence electrons. The molecule has 1 unspecified atom stereocenters. The Morgan fingerprint density at radius 1 is 1.50 bits per heavy atom. The van der Waals surface area contributed by atoms with E-state index in [4.69, 9.17) is 11.6 Å². The summed E-state index contributed by atoms with van der Waals surface area (Å²) in [6.45, 7) is 0.770. The molecule has 1 aliphatic rings. The lowest BCUT2D eigenvalue weighted by molar-refractivity contribution is -0.123. The van der Waals surface area contributed by atoms with Crippen molar-refractivity contribution >= 4 is 44.2 Å². The number of hydrogen-bond acceptors (Lipinski definition) is 4. The molecule has 1 amide bonds. The average Bonchev–Trinajstić information content (AvgIpc) is 2.73. The average molecular weight is 282 g/mol. The highest BCUT2D eigenvalue weighted by Gasteiger charge is 2.22. The highest BCUT2D eigenvalue weighted by atomic mass is 35.5. The number of aromatic nitrogens is 1. The zero-order valence-corrected chi connectivity index (χ0v) is 11.1. The number of carbonyl (C=O) groups excluding carboxylic acids is 1. The number of carbonyl (C=O) groups is 1. The van der Waals surface area contributed by atoms with Crippen molar-refractivity contribution in [3.63, 3.8) is 0 Å². The molecule has 1 saturated heterocycles. The van der Waals surface area contributed by atoms with Gasteiger partial charge in [-0.15, -0.1) is 0 Å². The number of hydrogen-bond donors (Lipinski definition) is 2. The lowest BCUT2D eigenvalue weighted by Crippen LogP contribution is -2.44. The maximum absolute atomic E-state index is 11.7. The summed E-state index contributed by atoms with van der Waals surface area (Å²) < 4.78 is 1.07. The first-order chi connectivity index (χ1) is 8.72. The smallest absolute Gasteiger partial charge is 0.242 e. The Bertz CT molecular complexity index is 598. The Kier molecular flexibility index (Phi) is 3.09. The number of nitrogens with one attached hydrogen (secondary N) is 2. The molecule has 6 heteroatoms. The van der Waals surface area contributed by atoms with Gasteiger partial charge in [0.25, 0.3) is 0 Å². The summed E-state index contributed by atoms with van der Waals surface area (Å²) in [6.07, 6.45) is 1.85. The summed E-state index contributed by atoms with van der Waals surface area (Å²) in [7, 11) is 0. The van der Waals surface area contributed by atoms with E-state index in [-0.39, 0.29) is 11.9 Å². The Morgan fingerprint density at radius 3 is 3.22 bits per heavy atom. The van der Waals surface area contributed by atoms with E-state index in [1.807, 2.05) is 18.2 Å². The van der Waals surface area contributed by atoms with Crippen LogP contribution in [0.15, 0.2) is 18.2 Å².